The number of rotatable bonds is 4. The van der Waals surface area contributed by atoms with Gasteiger partial charge in [-0.1, -0.05) is 44.4 Å². The minimum absolute atomic E-state index is 0.0671. The van der Waals surface area contributed by atoms with E-state index in [0.29, 0.717) is 5.56 Å². The third kappa shape index (κ3) is 2.93. The van der Waals surface area contributed by atoms with Gasteiger partial charge in [0.05, 0.1) is 11.1 Å². The van der Waals surface area contributed by atoms with Crippen LogP contribution >= 0.6 is 11.6 Å². The van der Waals surface area contributed by atoms with E-state index in [2.05, 4.69) is 0 Å². The van der Waals surface area contributed by atoms with Crippen LogP contribution in [0.1, 0.15) is 38.4 Å². The Morgan fingerprint density at radius 3 is 2.40 bits per heavy atom. The van der Waals surface area contributed by atoms with Crippen molar-refractivity contribution in [3.8, 4) is 0 Å². The van der Waals surface area contributed by atoms with Crippen LogP contribution in [-0.2, 0) is 0 Å². The zero-order valence-corrected chi connectivity index (χ0v) is 9.76. The fraction of sp³-hybridized carbons (Fsp3) is 0.500. The lowest BCUT2D eigenvalue weighted by Crippen LogP contribution is -2.10. The largest absolute Gasteiger partial charge is 0.388 e. The Labute approximate surface area is 94.9 Å². The highest BCUT2D eigenvalue weighted by Gasteiger charge is 2.18. The lowest BCUT2D eigenvalue weighted by Gasteiger charge is -2.20. The second-order valence-corrected chi connectivity index (χ2v) is 4.10. The van der Waals surface area contributed by atoms with Crippen molar-refractivity contribution >= 4 is 11.6 Å². The third-order valence-electron chi connectivity index (χ3n) is 2.78. The van der Waals surface area contributed by atoms with Crippen molar-refractivity contribution in [1.82, 2.24) is 0 Å². The number of aliphatic hydroxyl groups is 1. The molecule has 0 amide bonds. The SMILES string of the molecule is CCC(CC)C(O)c1ccc(F)c(Cl)c1. The van der Waals surface area contributed by atoms with Crippen LogP contribution < -0.4 is 0 Å². The molecule has 15 heavy (non-hydrogen) atoms. The van der Waals surface area contributed by atoms with Crippen molar-refractivity contribution < 1.29 is 9.50 Å². The molecule has 0 saturated heterocycles. The molecule has 0 aliphatic heterocycles. The predicted octanol–water partition coefficient (Wildman–Crippen LogP) is 3.95. The molecule has 0 aromatic heterocycles. The maximum Gasteiger partial charge on any atom is 0.141 e. The van der Waals surface area contributed by atoms with Crippen LogP contribution in [0.3, 0.4) is 0 Å². The summed E-state index contributed by atoms with van der Waals surface area (Å²) in [5, 5.41) is 10.1. The molecule has 84 valence electrons. The monoisotopic (exact) mass is 230 g/mol. The first-order valence-electron chi connectivity index (χ1n) is 5.23. The van der Waals surface area contributed by atoms with Crippen LogP contribution in [0, 0.1) is 11.7 Å². The van der Waals surface area contributed by atoms with Gasteiger partial charge >= 0.3 is 0 Å². The molecule has 0 bridgehead atoms. The highest BCUT2D eigenvalue weighted by atomic mass is 35.5. The molecule has 1 atom stereocenters. The first-order chi connectivity index (χ1) is 7.10. The minimum Gasteiger partial charge on any atom is -0.388 e. The molecule has 0 spiro atoms. The molecule has 1 aromatic carbocycles. The number of benzene rings is 1. The van der Waals surface area contributed by atoms with Crippen LogP contribution in [0.5, 0.6) is 0 Å². The van der Waals surface area contributed by atoms with Gasteiger partial charge in [0.25, 0.3) is 0 Å². The molecule has 1 nitrogen and oxygen atoms in total. The number of hydrogen-bond acceptors (Lipinski definition) is 1. The molecule has 1 N–H and O–H groups in total. The molecular weight excluding hydrogens is 215 g/mol. The van der Waals surface area contributed by atoms with Gasteiger partial charge in [-0.2, -0.15) is 0 Å². The van der Waals surface area contributed by atoms with Crippen LogP contribution in [0.25, 0.3) is 0 Å². The van der Waals surface area contributed by atoms with E-state index >= 15 is 0 Å². The van der Waals surface area contributed by atoms with Crippen molar-refractivity contribution in [2.24, 2.45) is 5.92 Å². The maximum absolute atomic E-state index is 12.9. The normalized spacial score (nSPS) is 13.2. The summed E-state index contributed by atoms with van der Waals surface area (Å²) in [4.78, 5) is 0. The first kappa shape index (κ1) is 12.5. The molecule has 0 fully saturated rings. The first-order valence-corrected chi connectivity index (χ1v) is 5.60. The Morgan fingerprint density at radius 1 is 1.33 bits per heavy atom. The Balaban J connectivity index is 2.90. The summed E-state index contributed by atoms with van der Waals surface area (Å²) in [6.45, 7) is 4.06. The van der Waals surface area contributed by atoms with Crippen molar-refractivity contribution in [2.75, 3.05) is 0 Å². The summed E-state index contributed by atoms with van der Waals surface area (Å²) in [5.74, 6) is -0.247. The number of aliphatic hydroxyl groups excluding tert-OH is 1. The topological polar surface area (TPSA) is 20.2 Å². The minimum atomic E-state index is -0.557. The van der Waals surface area contributed by atoms with E-state index in [1.54, 1.807) is 6.07 Å². The predicted molar refractivity (Wildman–Crippen MR) is 60.4 cm³/mol. The molecule has 1 rings (SSSR count). The summed E-state index contributed by atoms with van der Waals surface area (Å²) in [7, 11) is 0. The van der Waals surface area contributed by atoms with E-state index in [4.69, 9.17) is 11.6 Å². The third-order valence-corrected chi connectivity index (χ3v) is 3.07. The Hall–Kier alpha value is -0.600. The smallest absolute Gasteiger partial charge is 0.141 e. The average Bonchev–Trinajstić information content (AvgIpc) is 2.23. The Morgan fingerprint density at radius 2 is 1.93 bits per heavy atom. The highest BCUT2D eigenvalue weighted by molar-refractivity contribution is 6.30. The van der Waals surface area contributed by atoms with E-state index in [-0.39, 0.29) is 10.9 Å². The van der Waals surface area contributed by atoms with E-state index < -0.39 is 11.9 Å². The van der Waals surface area contributed by atoms with E-state index in [9.17, 15) is 9.50 Å². The molecule has 0 heterocycles. The molecule has 1 unspecified atom stereocenters. The average molecular weight is 231 g/mol. The quantitative estimate of drug-likeness (QED) is 0.831. The lowest BCUT2D eigenvalue weighted by molar-refractivity contribution is 0.103. The molecule has 0 aliphatic carbocycles. The van der Waals surface area contributed by atoms with E-state index in [1.807, 2.05) is 13.8 Å². The summed E-state index contributed by atoms with van der Waals surface area (Å²) >= 11 is 5.66. The molecule has 0 aliphatic rings. The highest BCUT2D eigenvalue weighted by Crippen LogP contribution is 2.29. The summed E-state index contributed by atoms with van der Waals surface area (Å²) in [6.07, 6.45) is 1.23. The van der Waals surface area contributed by atoms with Crippen LogP contribution in [0.15, 0.2) is 18.2 Å². The summed E-state index contributed by atoms with van der Waals surface area (Å²) in [5.41, 5.74) is 0.690. The fourth-order valence-corrected chi connectivity index (χ4v) is 1.89. The van der Waals surface area contributed by atoms with E-state index in [1.165, 1.54) is 12.1 Å². The number of hydrogen-bond donors (Lipinski definition) is 1. The van der Waals surface area contributed by atoms with Gasteiger partial charge in [-0.3, -0.25) is 0 Å². The fourth-order valence-electron chi connectivity index (χ4n) is 1.70. The van der Waals surface area contributed by atoms with Crippen molar-refractivity contribution in [3.63, 3.8) is 0 Å². The number of halogens is 2. The van der Waals surface area contributed by atoms with Crippen molar-refractivity contribution in [2.45, 2.75) is 32.8 Å². The van der Waals surface area contributed by atoms with Gasteiger partial charge in [-0.25, -0.2) is 4.39 Å². The lowest BCUT2D eigenvalue weighted by atomic mass is 9.91. The molecular formula is C12H16ClFO. The van der Waals surface area contributed by atoms with Crippen molar-refractivity contribution in [1.29, 1.82) is 0 Å². The maximum atomic E-state index is 12.9. The molecule has 0 radical (unpaired) electrons. The zero-order chi connectivity index (χ0) is 11.4. The van der Waals surface area contributed by atoms with E-state index in [0.717, 1.165) is 12.8 Å². The van der Waals surface area contributed by atoms with Gasteiger partial charge in [0.1, 0.15) is 5.82 Å². The Bertz CT molecular complexity index is 323. The van der Waals surface area contributed by atoms with Crippen LogP contribution in [-0.4, -0.2) is 5.11 Å². The van der Waals surface area contributed by atoms with Gasteiger partial charge in [-0.05, 0) is 23.6 Å². The molecule has 3 heteroatoms. The summed E-state index contributed by atoms with van der Waals surface area (Å²) in [6, 6.07) is 4.38. The van der Waals surface area contributed by atoms with Gasteiger partial charge in [0.15, 0.2) is 0 Å². The van der Waals surface area contributed by atoms with Gasteiger partial charge in [-0.15, -0.1) is 0 Å². The zero-order valence-electron chi connectivity index (χ0n) is 9.00. The molecule has 1 aromatic rings. The van der Waals surface area contributed by atoms with Gasteiger partial charge < -0.3 is 5.11 Å². The summed E-state index contributed by atoms with van der Waals surface area (Å²) < 4.78 is 12.9. The molecule has 0 saturated carbocycles. The second-order valence-electron chi connectivity index (χ2n) is 3.69. The van der Waals surface area contributed by atoms with Gasteiger partial charge in [0, 0.05) is 0 Å². The second kappa shape index (κ2) is 5.47. The Kier molecular flexibility index (Phi) is 4.55. The van der Waals surface area contributed by atoms with Crippen molar-refractivity contribution in [3.05, 3.63) is 34.6 Å². The standard InChI is InChI=1S/C12H16ClFO/c1-3-8(4-2)12(15)9-5-6-11(14)10(13)7-9/h5-8,12,15H,3-4H2,1-2H3. The van der Waals surface area contributed by atoms with Gasteiger partial charge in [0.2, 0.25) is 0 Å². The van der Waals surface area contributed by atoms with Crippen LogP contribution in [0.2, 0.25) is 5.02 Å². The van der Waals surface area contributed by atoms with Crippen LogP contribution in [0.4, 0.5) is 4.39 Å².